The number of nitrogens with zero attached hydrogens (tertiary/aromatic N) is 1. The van der Waals surface area contributed by atoms with Crippen molar-refractivity contribution in [1.82, 2.24) is 4.90 Å². The maximum atomic E-state index is 13.4. The molecule has 0 unspecified atom stereocenters. The van der Waals surface area contributed by atoms with Gasteiger partial charge in [0.2, 0.25) is 5.75 Å². The van der Waals surface area contributed by atoms with E-state index in [1.54, 1.807) is 35.5 Å². The average Bonchev–Trinajstić information content (AvgIpc) is 2.76. The summed E-state index contributed by atoms with van der Waals surface area (Å²) in [5.74, 6) is 2.85. The topological polar surface area (TPSA) is 66.5 Å². The highest BCUT2D eigenvalue weighted by Gasteiger charge is 2.41. The molecule has 2 aliphatic rings. The summed E-state index contributed by atoms with van der Waals surface area (Å²) in [7, 11) is 7.96. The van der Waals surface area contributed by atoms with Crippen LogP contribution < -0.4 is 23.7 Å². The Labute approximate surface area is 170 Å². The van der Waals surface area contributed by atoms with Crippen LogP contribution in [0.25, 0.3) is 0 Å². The van der Waals surface area contributed by atoms with Crippen LogP contribution in [-0.2, 0) is 12.8 Å². The number of amides is 1. The van der Waals surface area contributed by atoms with Crippen LogP contribution in [0.5, 0.6) is 28.7 Å². The Morgan fingerprint density at radius 2 is 1.55 bits per heavy atom. The number of hydrogen-bond acceptors (Lipinski definition) is 6. The average molecular weight is 399 g/mol. The van der Waals surface area contributed by atoms with Gasteiger partial charge in [0.25, 0.3) is 5.91 Å². The molecule has 4 rings (SSSR count). The van der Waals surface area contributed by atoms with Gasteiger partial charge in [0.15, 0.2) is 23.0 Å². The third-order valence-electron chi connectivity index (χ3n) is 5.83. The van der Waals surface area contributed by atoms with Crippen molar-refractivity contribution < 1.29 is 28.5 Å². The number of carbonyl (C=O) groups excluding carboxylic acids is 1. The molecule has 2 aromatic carbocycles. The fourth-order valence-corrected chi connectivity index (χ4v) is 4.53. The van der Waals surface area contributed by atoms with Gasteiger partial charge in [-0.1, -0.05) is 6.07 Å². The van der Waals surface area contributed by atoms with Crippen LogP contribution >= 0.6 is 0 Å². The number of benzene rings is 2. The van der Waals surface area contributed by atoms with Gasteiger partial charge < -0.3 is 28.6 Å². The van der Waals surface area contributed by atoms with E-state index in [0.717, 1.165) is 16.7 Å². The van der Waals surface area contributed by atoms with Crippen molar-refractivity contribution in [3.8, 4) is 28.7 Å². The maximum absolute atomic E-state index is 13.4. The van der Waals surface area contributed by atoms with E-state index in [1.165, 1.54) is 0 Å². The Morgan fingerprint density at radius 1 is 0.862 bits per heavy atom. The molecule has 29 heavy (non-hydrogen) atoms. The summed E-state index contributed by atoms with van der Waals surface area (Å²) >= 11 is 0. The summed E-state index contributed by atoms with van der Waals surface area (Å²) in [5, 5.41) is 0. The molecule has 7 heteroatoms. The van der Waals surface area contributed by atoms with Crippen LogP contribution in [0.15, 0.2) is 18.2 Å². The van der Waals surface area contributed by atoms with Crippen molar-refractivity contribution in [3.05, 3.63) is 40.5 Å². The zero-order valence-corrected chi connectivity index (χ0v) is 17.3. The first kappa shape index (κ1) is 19.2. The molecule has 0 spiro atoms. The molecule has 1 atom stereocenters. The Hall–Kier alpha value is -3.09. The van der Waals surface area contributed by atoms with Gasteiger partial charge in [-0.25, -0.2) is 0 Å². The number of fused-ring (bicyclic) bond motifs is 4. The quantitative estimate of drug-likeness (QED) is 0.770. The van der Waals surface area contributed by atoms with Gasteiger partial charge in [0.05, 0.1) is 47.2 Å². The molecule has 0 saturated carbocycles. The van der Waals surface area contributed by atoms with Crippen molar-refractivity contribution in [2.45, 2.75) is 18.9 Å². The molecule has 1 amide bonds. The summed E-state index contributed by atoms with van der Waals surface area (Å²) in [6, 6.07) is 5.65. The minimum absolute atomic E-state index is 0.0496. The minimum atomic E-state index is -0.106. The molecule has 0 N–H and O–H groups in total. The normalized spacial score (nSPS) is 17.1. The molecule has 0 aliphatic carbocycles. The Balaban J connectivity index is 1.88. The fourth-order valence-electron chi connectivity index (χ4n) is 4.53. The van der Waals surface area contributed by atoms with Gasteiger partial charge in [-0.3, -0.25) is 4.79 Å². The molecule has 154 valence electrons. The van der Waals surface area contributed by atoms with Gasteiger partial charge in [-0.15, -0.1) is 0 Å². The lowest BCUT2D eigenvalue weighted by atomic mass is 9.82. The fraction of sp³-hybridized carbons (Fsp3) is 0.409. The molecule has 0 saturated heterocycles. The van der Waals surface area contributed by atoms with Crippen molar-refractivity contribution in [2.24, 2.45) is 0 Å². The lowest BCUT2D eigenvalue weighted by molar-refractivity contribution is 0.0624. The van der Waals surface area contributed by atoms with Crippen molar-refractivity contribution >= 4 is 5.91 Å². The predicted octanol–water partition coefficient (Wildman–Crippen LogP) is 3.03. The lowest BCUT2D eigenvalue weighted by Gasteiger charge is -2.42. The summed E-state index contributed by atoms with van der Waals surface area (Å²) in [4.78, 5) is 15.3. The predicted molar refractivity (Wildman–Crippen MR) is 107 cm³/mol. The molecule has 0 radical (unpaired) electrons. The lowest BCUT2D eigenvalue weighted by Crippen LogP contribution is -2.44. The third kappa shape index (κ3) is 2.75. The molecule has 0 aromatic heterocycles. The zero-order valence-electron chi connectivity index (χ0n) is 17.3. The molecule has 7 nitrogen and oxygen atoms in total. The van der Waals surface area contributed by atoms with Crippen molar-refractivity contribution in [2.75, 3.05) is 42.1 Å². The monoisotopic (exact) mass is 399 g/mol. The van der Waals surface area contributed by atoms with Gasteiger partial charge >= 0.3 is 0 Å². The smallest absolute Gasteiger partial charge is 0.258 e. The molecular formula is C22H25NO6. The van der Waals surface area contributed by atoms with Crippen LogP contribution in [0.4, 0.5) is 0 Å². The SMILES string of the molecule is COc1cc2c(c(OC)c1OC)CCN1C(=O)c3c(ccc(OC)c3OC)C[C@@H]21. The highest BCUT2D eigenvalue weighted by Crippen LogP contribution is 2.50. The Bertz CT molecular complexity index is 971. The first-order valence-electron chi connectivity index (χ1n) is 9.46. The second-order valence-electron chi connectivity index (χ2n) is 7.02. The highest BCUT2D eigenvalue weighted by molar-refractivity contribution is 6.01. The molecular weight excluding hydrogens is 374 g/mol. The van der Waals surface area contributed by atoms with E-state index < -0.39 is 0 Å². The van der Waals surface area contributed by atoms with Gasteiger partial charge in [-0.05, 0) is 36.1 Å². The van der Waals surface area contributed by atoms with Gasteiger partial charge in [0.1, 0.15) is 0 Å². The summed E-state index contributed by atoms with van der Waals surface area (Å²) in [6.07, 6.45) is 1.34. The van der Waals surface area contributed by atoms with Crippen LogP contribution in [0, 0.1) is 0 Å². The van der Waals surface area contributed by atoms with E-state index in [0.29, 0.717) is 53.7 Å². The second kappa shape index (κ2) is 7.39. The van der Waals surface area contributed by atoms with Crippen LogP contribution in [-0.4, -0.2) is 52.9 Å². The minimum Gasteiger partial charge on any atom is -0.493 e. The second-order valence-corrected chi connectivity index (χ2v) is 7.02. The van der Waals surface area contributed by atoms with E-state index in [-0.39, 0.29) is 11.9 Å². The number of rotatable bonds is 5. The van der Waals surface area contributed by atoms with Gasteiger partial charge in [0, 0.05) is 12.1 Å². The largest absolute Gasteiger partial charge is 0.493 e. The molecule has 2 aromatic rings. The van der Waals surface area contributed by atoms with E-state index in [2.05, 4.69) is 0 Å². The van der Waals surface area contributed by atoms with Crippen LogP contribution in [0.1, 0.15) is 33.1 Å². The Morgan fingerprint density at radius 3 is 2.17 bits per heavy atom. The highest BCUT2D eigenvalue weighted by atomic mass is 16.5. The maximum Gasteiger partial charge on any atom is 0.258 e. The molecule has 0 fully saturated rings. The van der Waals surface area contributed by atoms with Gasteiger partial charge in [-0.2, -0.15) is 0 Å². The summed E-state index contributed by atoms with van der Waals surface area (Å²) in [6.45, 7) is 0.585. The zero-order chi connectivity index (χ0) is 20.7. The standard InChI is InChI=1S/C22H25NO6/c1-25-16-7-6-12-10-15-14-11-17(26-2)21(29-5)19(27-3)13(14)8-9-23(15)22(24)18(12)20(16)28-4/h6-7,11,15H,8-10H2,1-5H3/t15-/m0/s1. The number of carbonyl (C=O) groups is 1. The number of ether oxygens (including phenoxy) is 5. The van der Waals surface area contributed by atoms with Crippen molar-refractivity contribution in [3.63, 3.8) is 0 Å². The first-order valence-corrected chi connectivity index (χ1v) is 9.46. The van der Waals surface area contributed by atoms with E-state index in [1.807, 2.05) is 23.1 Å². The number of methoxy groups -OCH3 is 5. The summed E-state index contributed by atoms with van der Waals surface area (Å²) < 4.78 is 27.7. The third-order valence-corrected chi connectivity index (χ3v) is 5.83. The van der Waals surface area contributed by atoms with Crippen LogP contribution in [0.2, 0.25) is 0 Å². The van der Waals surface area contributed by atoms with E-state index in [4.69, 9.17) is 23.7 Å². The van der Waals surface area contributed by atoms with Crippen LogP contribution in [0.3, 0.4) is 0 Å². The first-order chi connectivity index (χ1) is 14.1. The molecule has 2 aliphatic heterocycles. The molecule has 2 heterocycles. The van der Waals surface area contributed by atoms with E-state index in [9.17, 15) is 4.79 Å². The molecule has 0 bridgehead atoms. The van der Waals surface area contributed by atoms with Crippen molar-refractivity contribution in [1.29, 1.82) is 0 Å². The Kier molecular flexibility index (Phi) is 4.90. The van der Waals surface area contributed by atoms with E-state index >= 15 is 0 Å². The number of hydrogen-bond donors (Lipinski definition) is 0. The summed E-state index contributed by atoms with van der Waals surface area (Å²) in [5.41, 5.74) is 3.61.